The number of halogens is 1. The number of nitrogen functional groups attached to an aromatic ring is 1. The second kappa shape index (κ2) is 2.64. The topological polar surface area (TPSA) is 52.3 Å². The van der Waals surface area contributed by atoms with Crippen molar-refractivity contribution in [1.82, 2.24) is 0 Å². The third-order valence-electron chi connectivity index (χ3n) is 2.16. The normalized spacial score (nSPS) is 19.8. The number of hydrogen-bond acceptors (Lipinski definition) is 3. The maximum absolute atomic E-state index is 11.1. The predicted molar refractivity (Wildman–Crippen MR) is 49.9 cm³/mol. The Morgan fingerprint density at radius 1 is 1.54 bits per heavy atom. The molecule has 0 spiro atoms. The van der Waals surface area contributed by atoms with Crippen LogP contribution in [0.5, 0.6) is 5.75 Å². The van der Waals surface area contributed by atoms with Crippen LogP contribution in [-0.2, 0) is 4.79 Å². The number of anilines is 1. The molecule has 1 aromatic rings. The van der Waals surface area contributed by atoms with Crippen LogP contribution in [-0.4, -0.2) is 5.97 Å². The first-order chi connectivity index (χ1) is 6.09. The minimum absolute atomic E-state index is 0.243. The molecule has 2 rings (SSSR count). The van der Waals surface area contributed by atoms with Crippen molar-refractivity contribution in [3.8, 4) is 5.75 Å². The van der Waals surface area contributed by atoms with Gasteiger partial charge in [-0.25, -0.2) is 0 Å². The Kier molecular flexibility index (Phi) is 1.70. The first-order valence-electron chi connectivity index (χ1n) is 3.90. The zero-order valence-electron chi connectivity index (χ0n) is 7.00. The van der Waals surface area contributed by atoms with E-state index in [0.717, 1.165) is 5.56 Å². The summed E-state index contributed by atoms with van der Waals surface area (Å²) in [4.78, 5) is 11.1. The molecule has 0 aliphatic carbocycles. The van der Waals surface area contributed by atoms with Crippen molar-refractivity contribution >= 4 is 23.3 Å². The van der Waals surface area contributed by atoms with Crippen LogP contribution in [0.1, 0.15) is 18.4 Å². The van der Waals surface area contributed by atoms with Gasteiger partial charge < -0.3 is 10.5 Å². The summed E-state index contributed by atoms with van der Waals surface area (Å²) in [5.74, 6) is 0.0316. The predicted octanol–water partition coefficient (Wildman–Crippen LogP) is 1.94. The van der Waals surface area contributed by atoms with Gasteiger partial charge in [-0.3, -0.25) is 4.79 Å². The Hall–Kier alpha value is -1.22. The smallest absolute Gasteiger partial charge is 0.318 e. The van der Waals surface area contributed by atoms with Gasteiger partial charge in [0, 0.05) is 11.6 Å². The molecule has 0 saturated carbocycles. The highest BCUT2D eigenvalue weighted by molar-refractivity contribution is 6.33. The second-order valence-electron chi connectivity index (χ2n) is 3.05. The van der Waals surface area contributed by atoms with Crippen LogP contribution in [0.3, 0.4) is 0 Å². The molecule has 1 atom stereocenters. The fraction of sp³-hybridized carbons (Fsp3) is 0.222. The van der Waals surface area contributed by atoms with Gasteiger partial charge in [-0.2, -0.15) is 0 Å². The molecule has 1 aliphatic rings. The van der Waals surface area contributed by atoms with Crippen molar-refractivity contribution in [3.63, 3.8) is 0 Å². The molecule has 0 amide bonds. The zero-order chi connectivity index (χ0) is 9.59. The van der Waals surface area contributed by atoms with Crippen LogP contribution in [0.15, 0.2) is 12.1 Å². The summed E-state index contributed by atoms with van der Waals surface area (Å²) < 4.78 is 4.98. The molecular formula is C9H8ClNO2. The number of benzene rings is 1. The summed E-state index contributed by atoms with van der Waals surface area (Å²) in [6, 6.07) is 3.26. The maximum Gasteiger partial charge on any atom is 0.318 e. The largest absolute Gasteiger partial charge is 0.426 e. The molecule has 1 unspecified atom stereocenters. The molecule has 2 N–H and O–H groups in total. The minimum atomic E-state index is -0.253. The summed E-state index contributed by atoms with van der Waals surface area (Å²) in [7, 11) is 0. The first kappa shape index (κ1) is 8.38. The van der Waals surface area contributed by atoms with Gasteiger partial charge in [0.2, 0.25) is 0 Å². The molecule has 0 aromatic heterocycles. The van der Waals surface area contributed by atoms with Crippen LogP contribution in [0.4, 0.5) is 5.69 Å². The number of nitrogens with two attached hydrogens (primary N) is 1. The highest BCUT2D eigenvalue weighted by atomic mass is 35.5. The number of fused-ring (bicyclic) bond motifs is 1. The van der Waals surface area contributed by atoms with Gasteiger partial charge >= 0.3 is 5.97 Å². The van der Waals surface area contributed by atoms with E-state index in [1.54, 1.807) is 19.1 Å². The molecule has 0 saturated heterocycles. The van der Waals surface area contributed by atoms with Crippen molar-refractivity contribution in [1.29, 1.82) is 0 Å². The fourth-order valence-electron chi connectivity index (χ4n) is 1.34. The highest BCUT2D eigenvalue weighted by Crippen LogP contribution is 2.38. The lowest BCUT2D eigenvalue weighted by Gasteiger charge is -2.02. The molecule has 13 heavy (non-hydrogen) atoms. The van der Waals surface area contributed by atoms with Gasteiger partial charge in [0.15, 0.2) is 0 Å². The zero-order valence-corrected chi connectivity index (χ0v) is 7.76. The summed E-state index contributed by atoms with van der Waals surface area (Å²) >= 11 is 5.81. The van der Waals surface area contributed by atoms with Gasteiger partial charge in [0.1, 0.15) is 5.75 Å². The van der Waals surface area contributed by atoms with Crippen LogP contribution < -0.4 is 10.5 Å². The Labute approximate surface area is 80.4 Å². The number of carbonyl (C=O) groups is 1. The molecule has 0 bridgehead atoms. The van der Waals surface area contributed by atoms with Crippen molar-refractivity contribution < 1.29 is 9.53 Å². The van der Waals surface area contributed by atoms with E-state index in [4.69, 9.17) is 22.1 Å². The van der Waals surface area contributed by atoms with Crippen molar-refractivity contribution in [3.05, 3.63) is 22.7 Å². The Morgan fingerprint density at radius 3 is 2.92 bits per heavy atom. The Bertz CT molecular complexity index is 389. The summed E-state index contributed by atoms with van der Waals surface area (Å²) in [5.41, 5.74) is 6.80. The average molecular weight is 198 g/mol. The molecule has 1 aromatic carbocycles. The molecule has 68 valence electrons. The van der Waals surface area contributed by atoms with E-state index in [-0.39, 0.29) is 11.9 Å². The van der Waals surface area contributed by atoms with E-state index < -0.39 is 0 Å². The van der Waals surface area contributed by atoms with E-state index in [9.17, 15) is 4.79 Å². The lowest BCUT2D eigenvalue weighted by atomic mass is 10.0. The summed E-state index contributed by atoms with van der Waals surface area (Å²) in [6.07, 6.45) is 0. The first-order valence-corrected chi connectivity index (χ1v) is 4.28. The SMILES string of the molecule is CC1C(=O)Oc2cc(N)c(Cl)cc21. The molecule has 1 heterocycles. The molecule has 0 radical (unpaired) electrons. The van der Waals surface area contributed by atoms with Gasteiger partial charge in [-0.1, -0.05) is 11.6 Å². The number of esters is 1. The number of carbonyl (C=O) groups excluding carboxylic acids is 1. The van der Waals surface area contributed by atoms with Gasteiger partial charge in [-0.05, 0) is 13.0 Å². The van der Waals surface area contributed by atoms with Crippen LogP contribution in [0.2, 0.25) is 5.02 Å². The molecule has 0 fully saturated rings. The van der Waals surface area contributed by atoms with E-state index >= 15 is 0 Å². The maximum atomic E-state index is 11.1. The van der Waals surface area contributed by atoms with Crippen LogP contribution in [0, 0.1) is 0 Å². The molecule has 4 heteroatoms. The molecule has 1 aliphatic heterocycles. The van der Waals surface area contributed by atoms with E-state index in [2.05, 4.69) is 0 Å². The number of rotatable bonds is 0. The van der Waals surface area contributed by atoms with Crippen LogP contribution in [0.25, 0.3) is 0 Å². The molecular weight excluding hydrogens is 190 g/mol. The number of hydrogen-bond donors (Lipinski definition) is 1. The van der Waals surface area contributed by atoms with E-state index in [1.165, 1.54) is 0 Å². The minimum Gasteiger partial charge on any atom is -0.426 e. The van der Waals surface area contributed by atoms with Gasteiger partial charge in [-0.15, -0.1) is 0 Å². The highest BCUT2D eigenvalue weighted by Gasteiger charge is 2.29. The van der Waals surface area contributed by atoms with E-state index in [1.807, 2.05) is 0 Å². The third-order valence-corrected chi connectivity index (χ3v) is 2.49. The second-order valence-corrected chi connectivity index (χ2v) is 3.46. The van der Waals surface area contributed by atoms with Gasteiger partial charge in [0.25, 0.3) is 0 Å². The van der Waals surface area contributed by atoms with Crippen molar-refractivity contribution in [2.24, 2.45) is 0 Å². The van der Waals surface area contributed by atoms with Crippen LogP contribution >= 0.6 is 11.6 Å². The van der Waals surface area contributed by atoms with E-state index in [0.29, 0.717) is 16.5 Å². The monoisotopic (exact) mass is 197 g/mol. The Morgan fingerprint density at radius 2 is 2.23 bits per heavy atom. The fourth-order valence-corrected chi connectivity index (χ4v) is 1.51. The third kappa shape index (κ3) is 1.16. The Balaban J connectivity index is 2.59. The average Bonchev–Trinajstić information content (AvgIpc) is 2.32. The summed E-state index contributed by atoms with van der Waals surface area (Å²) in [5, 5.41) is 0.462. The molecule has 3 nitrogen and oxygen atoms in total. The van der Waals surface area contributed by atoms with Crippen molar-refractivity contribution in [2.75, 3.05) is 5.73 Å². The lowest BCUT2D eigenvalue weighted by Crippen LogP contribution is -2.05. The quantitative estimate of drug-likeness (QED) is 0.393. The van der Waals surface area contributed by atoms with Gasteiger partial charge in [0.05, 0.1) is 16.6 Å². The standard InChI is InChI=1S/C9H8ClNO2/c1-4-5-2-6(10)7(11)3-8(5)13-9(4)12/h2-4H,11H2,1H3. The lowest BCUT2D eigenvalue weighted by molar-refractivity contribution is -0.133. The van der Waals surface area contributed by atoms with Crippen molar-refractivity contribution in [2.45, 2.75) is 12.8 Å². The number of ether oxygens (including phenoxy) is 1. The summed E-state index contributed by atoms with van der Waals surface area (Å²) in [6.45, 7) is 1.78.